The Bertz CT molecular complexity index is 83.1. The van der Waals surface area contributed by atoms with Crippen molar-refractivity contribution in [1.82, 2.24) is 9.80 Å². The molecule has 0 radical (unpaired) electrons. The number of hydrogen-bond acceptors (Lipinski definition) is 2. The normalized spacial score (nSPS) is 9.78. The molecule has 3 nitrogen and oxygen atoms in total. The van der Waals surface area contributed by atoms with Gasteiger partial charge >= 0.3 is 0 Å². The number of likely N-dealkylation sites (N-methyl/N-ethyl adjacent to an activating group) is 2. The number of rotatable bonds is 4. The molecule has 0 saturated heterocycles. The zero-order valence-electron chi connectivity index (χ0n) is 6.29. The average molecular weight is 130 g/mol. The predicted molar refractivity (Wildman–Crippen MR) is 37.2 cm³/mol. The molecule has 0 aliphatic heterocycles. The molecule has 3 heteroatoms. The summed E-state index contributed by atoms with van der Waals surface area (Å²) >= 11 is 0. The van der Waals surface area contributed by atoms with Crippen LogP contribution in [0.2, 0.25) is 0 Å². The van der Waals surface area contributed by atoms with E-state index in [1.54, 1.807) is 11.9 Å². The van der Waals surface area contributed by atoms with E-state index >= 15 is 0 Å². The van der Waals surface area contributed by atoms with Crippen molar-refractivity contribution in [2.45, 2.75) is 0 Å². The second kappa shape index (κ2) is 4.32. The van der Waals surface area contributed by atoms with Crippen LogP contribution in [-0.2, 0) is 4.79 Å². The van der Waals surface area contributed by atoms with E-state index in [9.17, 15) is 4.79 Å². The first-order valence-corrected chi connectivity index (χ1v) is 2.97. The SMILES string of the molecule is CN(C)CCN(C)C=O. The van der Waals surface area contributed by atoms with Gasteiger partial charge in [-0.2, -0.15) is 0 Å². The van der Waals surface area contributed by atoms with Gasteiger partial charge in [0, 0.05) is 20.1 Å². The molecule has 0 aliphatic carbocycles. The monoisotopic (exact) mass is 130 g/mol. The molecule has 1 amide bonds. The van der Waals surface area contributed by atoms with E-state index in [4.69, 9.17) is 0 Å². The molecule has 0 aromatic heterocycles. The van der Waals surface area contributed by atoms with Gasteiger partial charge in [-0.3, -0.25) is 4.79 Å². The Morgan fingerprint density at radius 2 is 1.78 bits per heavy atom. The number of nitrogens with zero attached hydrogens (tertiary/aromatic N) is 2. The highest BCUT2D eigenvalue weighted by molar-refractivity contribution is 5.46. The smallest absolute Gasteiger partial charge is 0.209 e. The summed E-state index contributed by atoms with van der Waals surface area (Å²) in [6.45, 7) is 1.73. The molecule has 0 unspecified atom stereocenters. The molecule has 0 rings (SSSR count). The van der Waals surface area contributed by atoms with Crippen LogP contribution in [0.15, 0.2) is 0 Å². The van der Waals surface area contributed by atoms with Gasteiger partial charge in [0.15, 0.2) is 0 Å². The summed E-state index contributed by atoms with van der Waals surface area (Å²) in [5, 5.41) is 0. The van der Waals surface area contributed by atoms with Crippen molar-refractivity contribution in [2.24, 2.45) is 0 Å². The third-order valence-electron chi connectivity index (χ3n) is 1.08. The molecule has 0 saturated carbocycles. The summed E-state index contributed by atoms with van der Waals surface area (Å²) in [4.78, 5) is 13.7. The Morgan fingerprint density at radius 1 is 1.22 bits per heavy atom. The highest BCUT2D eigenvalue weighted by Crippen LogP contribution is 1.77. The minimum atomic E-state index is 0.802. The molecule has 0 fully saturated rings. The van der Waals surface area contributed by atoms with Gasteiger partial charge in [-0.25, -0.2) is 0 Å². The van der Waals surface area contributed by atoms with E-state index < -0.39 is 0 Å². The Labute approximate surface area is 56.2 Å². The van der Waals surface area contributed by atoms with E-state index in [0.29, 0.717) is 0 Å². The van der Waals surface area contributed by atoms with Gasteiger partial charge in [0.25, 0.3) is 0 Å². The van der Waals surface area contributed by atoms with Crippen molar-refractivity contribution in [3.63, 3.8) is 0 Å². The highest BCUT2D eigenvalue weighted by atomic mass is 16.1. The van der Waals surface area contributed by atoms with Crippen LogP contribution in [0.5, 0.6) is 0 Å². The third-order valence-corrected chi connectivity index (χ3v) is 1.08. The molecule has 0 aliphatic rings. The second-order valence-electron chi connectivity index (χ2n) is 2.39. The fraction of sp³-hybridized carbons (Fsp3) is 0.833. The van der Waals surface area contributed by atoms with Crippen LogP contribution in [0.3, 0.4) is 0 Å². The lowest BCUT2D eigenvalue weighted by Gasteiger charge is -2.13. The second-order valence-corrected chi connectivity index (χ2v) is 2.39. The van der Waals surface area contributed by atoms with E-state index in [-0.39, 0.29) is 0 Å². The lowest BCUT2D eigenvalue weighted by Crippen LogP contribution is -2.27. The maximum Gasteiger partial charge on any atom is 0.209 e. The molecule has 9 heavy (non-hydrogen) atoms. The summed E-state index contributed by atoms with van der Waals surface area (Å²) in [7, 11) is 5.74. The first-order valence-electron chi connectivity index (χ1n) is 2.97. The van der Waals surface area contributed by atoms with Crippen molar-refractivity contribution in [1.29, 1.82) is 0 Å². The van der Waals surface area contributed by atoms with Gasteiger partial charge in [-0.1, -0.05) is 0 Å². The van der Waals surface area contributed by atoms with Crippen molar-refractivity contribution in [3.8, 4) is 0 Å². The number of carbonyl (C=O) groups excluding carboxylic acids is 1. The Hall–Kier alpha value is -0.570. The summed E-state index contributed by atoms with van der Waals surface area (Å²) in [6.07, 6.45) is 0.837. The zero-order valence-corrected chi connectivity index (χ0v) is 6.29. The molecular weight excluding hydrogens is 116 g/mol. The average Bonchev–Trinajstić information content (AvgIpc) is 1.83. The predicted octanol–water partition coefficient (Wildman–Crippen LogP) is -0.364. The van der Waals surface area contributed by atoms with E-state index in [0.717, 1.165) is 19.5 Å². The molecule has 0 aromatic rings. The molecule has 0 heterocycles. The van der Waals surface area contributed by atoms with Gasteiger partial charge in [0.1, 0.15) is 0 Å². The summed E-state index contributed by atoms with van der Waals surface area (Å²) in [5.41, 5.74) is 0. The van der Waals surface area contributed by atoms with Crippen molar-refractivity contribution < 1.29 is 4.79 Å². The summed E-state index contributed by atoms with van der Waals surface area (Å²) in [6, 6.07) is 0. The maximum atomic E-state index is 10.0. The topological polar surface area (TPSA) is 23.6 Å². The Kier molecular flexibility index (Phi) is 4.05. The van der Waals surface area contributed by atoms with Gasteiger partial charge in [-0.15, -0.1) is 0 Å². The maximum absolute atomic E-state index is 10.0. The molecule has 0 N–H and O–H groups in total. The molecule has 0 spiro atoms. The van der Waals surface area contributed by atoms with Crippen LogP contribution in [0.25, 0.3) is 0 Å². The number of amides is 1. The minimum Gasteiger partial charge on any atom is -0.347 e. The Balaban J connectivity index is 3.16. The van der Waals surface area contributed by atoms with Crippen LogP contribution in [0.4, 0.5) is 0 Å². The van der Waals surface area contributed by atoms with Crippen LogP contribution >= 0.6 is 0 Å². The first kappa shape index (κ1) is 8.43. The number of hydrogen-bond donors (Lipinski definition) is 0. The van der Waals surface area contributed by atoms with E-state index in [1.807, 2.05) is 19.0 Å². The van der Waals surface area contributed by atoms with Crippen molar-refractivity contribution >= 4 is 6.41 Å². The molecule has 0 aromatic carbocycles. The quantitative estimate of drug-likeness (QED) is 0.485. The van der Waals surface area contributed by atoms with Crippen LogP contribution < -0.4 is 0 Å². The molecule has 0 bridgehead atoms. The fourth-order valence-electron chi connectivity index (χ4n) is 0.410. The Morgan fingerprint density at radius 3 is 2.11 bits per heavy atom. The van der Waals surface area contributed by atoms with Gasteiger partial charge in [0.2, 0.25) is 6.41 Å². The van der Waals surface area contributed by atoms with Gasteiger partial charge < -0.3 is 9.80 Å². The molecule has 0 atom stereocenters. The van der Waals surface area contributed by atoms with Gasteiger partial charge in [0.05, 0.1) is 0 Å². The minimum absolute atomic E-state index is 0.802. The van der Waals surface area contributed by atoms with Gasteiger partial charge in [-0.05, 0) is 14.1 Å². The molecule has 54 valence electrons. The lowest BCUT2D eigenvalue weighted by molar-refractivity contribution is -0.117. The largest absolute Gasteiger partial charge is 0.347 e. The summed E-state index contributed by atoms with van der Waals surface area (Å²) < 4.78 is 0. The zero-order chi connectivity index (χ0) is 7.28. The lowest BCUT2D eigenvalue weighted by atomic mass is 10.5. The third kappa shape index (κ3) is 5.30. The highest BCUT2D eigenvalue weighted by Gasteiger charge is 1.92. The van der Waals surface area contributed by atoms with Crippen molar-refractivity contribution in [3.05, 3.63) is 0 Å². The fourth-order valence-corrected chi connectivity index (χ4v) is 0.410. The first-order chi connectivity index (χ1) is 4.16. The van der Waals surface area contributed by atoms with Crippen LogP contribution in [-0.4, -0.2) is 50.4 Å². The number of carbonyl (C=O) groups is 1. The van der Waals surface area contributed by atoms with Crippen LogP contribution in [0, 0.1) is 0 Å². The van der Waals surface area contributed by atoms with E-state index in [1.165, 1.54) is 0 Å². The molecular formula is C6H14N2O. The van der Waals surface area contributed by atoms with E-state index in [2.05, 4.69) is 0 Å². The summed E-state index contributed by atoms with van der Waals surface area (Å²) in [5.74, 6) is 0. The standard InChI is InChI=1S/C6H14N2O/c1-7(2)4-5-8(3)6-9/h6H,4-5H2,1-3H3. The van der Waals surface area contributed by atoms with Crippen molar-refractivity contribution in [2.75, 3.05) is 34.2 Å². The van der Waals surface area contributed by atoms with Crippen LogP contribution in [0.1, 0.15) is 0 Å².